The number of carbonyl (C=O) groups excluding carboxylic acids is 2. The first-order valence-corrected chi connectivity index (χ1v) is 9.97. The number of anilines is 1. The van der Waals surface area contributed by atoms with E-state index in [1.54, 1.807) is 0 Å². The van der Waals surface area contributed by atoms with Gasteiger partial charge in [0.2, 0.25) is 5.91 Å². The topological polar surface area (TPSA) is 94.3 Å². The lowest BCUT2D eigenvalue weighted by Crippen LogP contribution is -2.19. The Hall–Kier alpha value is -2.91. The summed E-state index contributed by atoms with van der Waals surface area (Å²) in [6.07, 6.45) is 0. The number of halogens is 1. The fourth-order valence-corrected chi connectivity index (χ4v) is 4.03. The summed E-state index contributed by atoms with van der Waals surface area (Å²) in [7, 11) is 0. The van der Waals surface area contributed by atoms with E-state index in [-0.39, 0.29) is 24.1 Å². The number of carbonyl (C=O) groups is 2. The minimum absolute atomic E-state index is 0.100. The summed E-state index contributed by atoms with van der Waals surface area (Å²) < 4.78 is 18.9. The number of hydrogen-bond donors (Lipinski definition) is 2. The molecule has 0 aliphatic rings. The number of nitrogens with two attached hydrogens (primary N) is 1. The first-order chi connectivity index (χ1) is 13.5. The molecule has 2 amide bonds. The van der Waals surface area contributed by atoms with Crippen LogP contribution in [0.2, 0.25) is 0 Å². The number of nitrogens with zero attached hydrogens (tertiary/aromatic N) is 1. The van der Waals surface area contributed by atoms with Gasteiger partial charge in [-0.15, -0.1) is 0 Å². The van der Waals surface area contributed by atoms with Crippen LogP contribution >= 0.6 is 23.1 Å². The fourth-order valence-electron chi connectivity index (χ4n) is 2.21. The smallest absolute Gasteiger partial charge is 0.262 e. The summed E-state index contributed by atoms with van der Waals surface area (Å²) in [5.41, 5.74) is 6.63. The Balaban J connectivity index is 1.72. The van der Waals surface area contributed by atoms with Gasteiger partial charge in [0.05, 0.1) is 5.75 Å². The number of rotatable bonds is 8. The maximum Gasteiger partial charge on any atom is 0.262 e. The molecule has 0 saturated heterocycles. The standard InChI is InChI=1S/C19H16FN3O3S2/c20-13-6-8-14(9-7-13)26-10-16(25)22-18-17(12-4-2-1-3-5-12)23-19(28-18)27-11-15(21)24/h1-9H,10-11H2,(H2,21,24)(H,22,25). The quantitative estimate of drug-likeness (QED) is 0.547. The Labute approximate surface area is 168 Å². The van der Waals surface area contributed by atoms with Gasteiger partial charge in [0.1, 0.15) is 22.3 Å². The van der Waals surface area contributed by atoms with Crippen molar-refractivity contribution in [2.75, 3.05) is 17.7 Å². The highest BCUT2D eigenvalue weighted by Gasteiger charge is 2.16. The molecule has 1 heterocycles. The summed E-state index contributed by atoms with van der Waals surface area (Å²) in [6, 6.07) is 14.8. The van der Waals surface area contributed by atoms with Gasteiger partial charge in [-0.05, 0) is 24.3 Å². The average Bonchev–Trinajstić information content (AvgIpc) is 3.09. The van der Waals surface area contributed by atoms with Gasteiger partial charge >= 0.3 is 0 Å². The Bertz CT molecular complexity index is 962. The zero-order valence-electron chi connectivity index (χ0n) is 14.6. The van der Waals surface area contributed by atoms with Gasteiger partial charge in [-0.2, -0.15) is 0 Å². The van der Waals surface area contributed by atoms with E-state index in [4.69, 9.17) is 10.5 Å². The van der Waals surface area contributed by atoms with Crippen LogP contribution in [0.25, 0.3) is 11.3 Å². The third-order valence-electron chi connectivity index (χ3n) is 3.43. The van der Waals surface area contributed by atoms with E-state index >= 15 is 0 Å². The van der Waals surface area contributed by atoms with Crippen molar-refractivity contribution >= 4 is 39.9 Å². The number of benzene rings is 2. The second-order valence-corrected chi connectivity index (χ2v) is 7.79. The van der Waals surface area contributed by atoms with E-state index in [0.717, 1.165) is 5.56 Å². The van der Waals surface area contributed by atoms with Gasteiger partial charge < -0.3 is 15.8 Å². The molecule has 3 rings (SSSR count). The maximum atomic E-state index is 12.9. The minimum atomic E-state index is -0.445. The summed E-state index contributed by atoms with van der Waals surface area (Å²) >= 11 is 2.47. The first-order valence-electron chi connectivity index (χ1n) is 8.17. The molecule has 9 heteroatoms. The zero-order chi connectivity index (χ0) is 19.9. The van der Waals surface area contributed by atoms with Crippen LogP contribution in [0.15, 0.2) is 58.9 Å². The number of hydrogen-bond acceptors (Lipinski definition) is 6. The highest BCUT2D eigenvalue weighted by atomic mass is 32.2. The van der Waals surface area contributed by atoms with Crippen molar-refractivity contribution in [1.29, 1.82) is 0 Å². The second-order valence-electron chi connectivity index (χ2n) is 5.57. The SMILES string of the molecule is NC(=O)CSc1nc(-c2ccccc2)c(NC(=O)COc2ccc(F)cc2)s1. The molecule has 0 atom stereocenters. The molecule has 0 spiro atoms. The molecule has 0 bridgehead atoms. The van der Waals surface area contributed by atoms with E-state index in [0.29, 0.717) is 20.8 Å². The summed E-state index contributed by atoms with van der Waals surface area (Å²) in [6.45, 7) is -0.235. The van der Waals surface area contributed by atoms with Gasteiger partial charge in [-0.1, -0.05) is 53.4 Å². The van der Waals surface area contributed by atoms with Gasteiger partial charge in [0.15, 0.2) is 10.9 Å². The molecule has 3 aromatic rings. The Kier molecular flexibility index (Phi) is 6.62. The minimum Gasteiger partial charge on any atom is -0.484 e. The van der Waals surface area contributed by atoms with Gasteiger partial charge in [0.25, 0.3) is 5.91 Å². The lowest BCUT2D eigenvalue weighted by atomic mass is 10.2. The van der Waals surface area contributed by atoms with Gasteiger partial charge in [-0.25, -0.2) is 9.37 Å². The maximum absolute atomic E-state index is 12.9. The largest absolute Gasteiger partial charge is 0.484 e. The van der Waals surface area contributed by atoms with Crippen LogP contribution in [-0.4, -0.2) is 29.2 Å². The molecule has 0 aliphatic heterocycles. The number of amides is 2. The van der Waals surface area contributed by atoms with Crippen molar-refractivity contribution in [1.82, 2.24) is 4.98 Å². The first kappa shape index (κ1) is 19.8. The highest BCUT2D eigenvalue weighted by molar-refractivity contribution is 8.01. The summed E-state index contributed by atoms with van der Waals surface area (Å²) in [5, 5.41) is 3.33. The molecule has 6 nitrogen and oxygen atoms in total. The third-order valence-corrected chi connectivity index (χ3v) is 5.57. The number of ether oxygens (including phenoxy) is 1. The van der Waals surface area contributed by atoms with Crippen LogP contribution in [0.3, 0.4) is 0 Å². The lowest BCUT2D eigenvalue weighted by molar-refractivity contribution is -0.118. The Morgan fingerprint density at radius 2 is 1.86 bits per heavy atom. The second kappa shape index (κ2) is 9.34. The molecule has 2 aromatic carbocycles. The molecular weight excluding hydrogens is 401 g/mol. The van der Waals surface area contributed by atoms with E-state index in [1.165, 1.54) is 47.4 Å². The van der Waals surface area contributed by atoms with Crippen molar-refractivity contribution in [2.45, 2.75) is 4.34 Å². The van der Waals surface area contributed by atoms with E-state index in [9.17, 15) is 14.0 Å². The number of nitrogens with one attached hydrogen (secondary N) is 1. The summed E-state index contributed by atoms with van der Waals surface area (Å²) in [4.78, 5) is 27.8. The molecule has 0 aliphatic carbocycles. The summed E-state index contributed by atoms with van der Waals surface area (Å²) in [5.74, 6) is -0.712. The number of thiazole rings is 1. The van der Waals surface area contributed by atoms with Crippen molar-refractivity contribution < 1.29 is 18.7 Å². The predicted molar refractivity (Wildman–Crippen MR) is 108 cm³/mol. The average molecular weight is 417 g/mol. The zero-order valence-corrected chi connectivity index (χ0v) is 16.2. The normalized spacial score (nSPS) is 10.5. The molecule has 3 N–H and O–H groups in total. The van der Waals surface area contributed by atoms with Crippen molar-refractivity contribution in [2.24, 2.45) is 5.73 Å². The predicted octanol–water partition coefficient (Wildman–Crippen LogP) is 3.54. The fraction of sp³-hybridized carbons (Fsp3) is 0.105. The van der Waals surface area contributed by atoms with Crippen LogP contribution < -0.4 is 15.8 Å². The Morgan fingerprint density at radius 3 is 2.54 bits per heavy atom. The van der Waals surface area contributed by atoms with Crippen LogP contribution in [0.1, 0.15) is 0 Å². The van der Waals surface area contributed by atoms with Gasteiger partial charge in [0, 0.05) is 5.56 Å². The van der Waals surface area contributed by atoms with Crippen LogP contribution in [-0.2, 0) is 9.59 Å². The van der Waals surface area contributed by atoms with Crippen molar-refractivity contribution in [3.05, 3.63) is 60.4 Å². The monoisotopic (exact) mass is 417 g/mol. The molecule has 1 aromatic heterocycles. The van der Waals surface area contributed by atoms with Crippen LogP contribution in [0, 0.1) is 5.82 Å². The van der Waals surface area contributed by atoms with E-state index in [2.05, 4.69) is 10.3 Å². The third kappa shape index (κ3) is 5.54. The molecule has 0 fully saturated rings. The molecule has 0 saturated carbocycles. The number of primary amides is 1. The van der Waals surface area contributed by atoms with Crippen LogP contribution in [0.4, 0.5) is 9.39 Å². The van der Waals surface area contributed by atoms with Crippen molar-refractivity contribution in [3.63, 3.8) is 0 Å². The number of thioether (sulfide) groups is 1. The van der Waals surface area contributed by atoms with E-state index in [1.807, 2.05) is 30.3 Å². The molecule has 28 heavy (non-hydrogen) atoms. The lowest BCUT2D eigenvalue weighted by Gasteiger charge is -2.07. The number of aromatic nitrogens is 1. The molecular formula is C19H16FN3O3S2. The van der Waals surface area contributed by atoms with Crippen LogP contribution in [0.5, 0.6) is 5.75 Å². The van der Waals surface area contributed by atoms with Crippen molar-refractivity contribution in [3.8, 4) is 17.0 Å². The molecule has 144 valence electrons. The Morgan fingerprint density at radius 1 is 1.14 bits per heavy atom. The molecule has 0 radical (unpaired) electrons. The highest BCUT2D eigenvalue weighted by Crippen LogP contribution is 2.37. The van der Waals surface area contributed by atoms with Gasteiger partial charge in [-0.3, -0.25) is 9.59 Å². The molecule has 0 unspecified atom stereocenters. The van der Waals surface area contributed by atoms with E-state index < -0.39 is 5.91 Å².